The molecular formula is C10H15Cl2N3O3. The lowest BCUT2D eigenvalue weighted by Crippen LogP contribution is -2.17. The van der Waals surface area contributed by atoms with Gasteiger partial charge in [-0.3, -0.25) is 10.1 Å². The van der Waals surface area contributed by atoms with E-state index in [0.717, 1.165) is 12.8 Å². The van der Waals surface area contributed by atoms with Crippen LogP contribution in [0.4, 0.5) is 0 Å². The molecule has 0 aromatic carbocycles. The van der Waals surface area contributed by atoms with Crippen LogP contribution in [0, 0.1) is 10.1 Å². The number of hydrogen-bond donors (Lipinski definition) is 2. The Labute approximate surface area is 115 Å². The number of ether oxygens (including phenoxy) is 1. The van der Waals surface area contributed by atoms with E-state index in [1.165, 1.54) is 0 Å². The minimum Gasteiger partial charge on any atom is -0.472 e. The van der Waals surface area contributed by atoms with Crippen molar-refractivity contribution < 1.29 is 9.66 Å². The average Bonchev–Trinajstić information content (AvgIpc) is 2.82. The number of nitrogens with one attached hydrogen (secondary N) is 2. The van der Waals surface area contributed by atoms with Gasteiger partial charge in [0, 0.05) is 6.54 Å². The zero-order valence-corrected chi connectivity index (χ0v) is 11.5. The topological polar surface area (TPSA) is 76.4 Å². The molecule has 8 heteroatoms. The molecule has 0 spiro atoms. The predicted octanol–water partition coefficient (Wildman–Crippen LogP) is 2.09. The molecule has 0 saturated carbocycles. The van der Waals surface area contributed by atoms with E-state index < -0.39 is 4.92 Å². The zero-order valence-electron chi connectivity index (χ0n) is 9.96. The fourth-order valence-electron chi connectivity index (χ4n) is 1.34. The Morgan fingerprint density at radius 2 is 2.33 bits per heavy atom. The van der Waals surface area contributed by atoms with E-state index in [1.807, 2.05) is 6.92 Å². The molecule has 0 radical (unpaired) electrons. The zero-order chi connectivity index (χ0) is 13.5. The first kappa shape index (κ1) is 14.9. The first-order valence-corrected chi connectivity index (χ1v) is 6.38. The quantitative estimate of drug-likeness (QED) is 0.340. The van der Waals surface area contributed by atoms with Crippen LogP contribution in [0.1, 0.15) is 19.8 Å². The van der Waals surface area contributed by atoms with Crippen molar-refractivity contribution >= 4 is 23.2 Å². The highest BCUT2D eigenvalue weighted by atomic mass is 35.5. The SMILES string of the molecule is CCCCN/C(Cl)=C(Cl)\C(=C1/NCCO1)[N+](=O)[O-]. The monoisotopic (exact) mass is 295 g/mol. The van der Waals surface area contributed by atoms with Gasteiger partial charge in [-0.15, -0.1) is 0 Å². The lowest BCUT2D eigenvalue weighted by atomic mass is 10.3. The first-order valence-electron chi connectivity index (χ1n) is 5.62. The molecule has 1 fully saturated rings. The molecule has 0 aromatic rings. The van der Waals surface area contributed by atoms with Crippen molar-refractivity contribution in [2.75, 3.05) is 19.7 Å². The van der Waals surface area contributed by atoms with Crippen molar-refractivity contribution in [1.29, 1.82) is 0 Å². The Balaban J connectivity index is 2.88. The molecule has 102 valence electrons. The summed E-state index contributed by atoms with van der Waals surface area (Å²) in [5.74, 6) is 0.0560. The summed E-state index contributed by atoms with van der Waals surface area (Å²) in [6.07, 6.45) is 1.89. The van der Waals surface area contributed by atoms with Gasteiger partial charge in [0.25, 0.3) is 5.88 Å². The molecule has 0 bridgehead atoms. The molecule has 0 aromatic heterocycles. The Bertz CT molecular complexity index is 375. The Morgan fingerprint density at radius 1 is 1.61 bits per heavy atom. The molecule has 0 unspecified atom stereocenters. The van der Waals surface area contributed by atoms with Gasteiger partial charge in [-0.2, -0.15) is 0 Å². The molecule has 1 aliphatic heterocycles. The number of halogens is 2. The van der Waals surface area contributed by atoms with Gasteiger partial charge in [0.2, 0.25) is 0 Å². The second-order valence-corrected chi connectivity index (χ2v) is 4.37. The smallest absolute Gasteiger partial charge is 0.349 e. The highest BCUT2D eigenvalue weighted by molar-refractivity contribution is 6.40. The van der Waals surface area contributed by atoms with Gasteiger partial charge in [-0.1, -0.05) is 36.5 Å². The second kappa shape index (κ2) is 7.33. The predicted molar refractivity (Wildman–Crippen MR) is 69.6 cm³/mol. The number of allylic oxidation sites excluding steroid dienone is 1. The lowest BCUT2D eigenvalue weighted by Gasteiger charge is -2.07. The third-order valence-electron chi connectivity index (χ3n) is 2.24. The summed E-state index contributed by atoms with van der Waals surface area (Å²) in [7, 11) is 0. The first-order chi connectivity index (χ1) is 8.57. The molecule has 0 atom stereocenters. The van der Waals surface area contributed by atoms with E-state index in [1.54, 1.807) is 0 Å². The van der Waals surface area contributed by atoms with Crippen LogP contribution in [0.25, 0.3) is 0 Å². The van der Waals surface area contributed by atoms with Crippen molar-refractivity contribution in [3.05, 3.63) is 31.9 Å². The number of rotatable bonds is 6. The standard InChI is InChI=1S/C10H15Cl2N3O3/c1-2-3-4-13-9(12)7(11)8(15(16)17)10-14-5-6-18-10/h13-14H,2-6H2,1H3/b9-7+,10-8-. The second-order valence-electron chi connectivity index (χ2n) is 3.62. The van der Waals surface area contributed by atoms with Crippen LogP contribution in [0.3, 0.4) is 0 Å². The fraction of sp³-hybridized carbons (Fsp3) is 0.600. The minimum atomic E-state index is -0.611. The van der Waals surface area contributed by atoms with Crippen molar-refractivity contribution in [3.8, 4) is 0 Å². The highest BCUT2D eigenvalue weighted by Crippen LogP contribution is 2.24. The van der Waals surface area contributed by atoms with Crippen molar-refractivity contribution in [2.24, 2.45) is 0 Å². The molecular weight excluding hydrogens is 281 g/mol. The summed E-state index contributed by atoms with van der Waals surface area (Å²) in [5.41, 5.74) is -0.344. The molecule has 1 aliphatic rings. The Morgan fingerprint density at radius 3 is 2.83 bits per heavy atom. The maximum atomic E-state index is 11.0. The van der Waals surface area contributed by atoms with E-state index in [2.05, 4.69) is 10.6 Å². The van der Waals surface area contributed by atoms with Crippen LogP contribution in [-0.2, 0) is 4.74 Å². The Kier molecular flexibility index (Phi) is 6.07. The van der Waals surface area contributed by atoms with E-state index in [0.29, 0.717) is 19.7 Å². The summed E-state index contributed by atoms with van der Waals surface area (Å²) in [6, 6.07) is 0. The third-order valence-corrected chi connectivity index (χ3v) is 3.03. The average molecular weight is 296 g/mol. The summed E-state index contributed by atoms with van der Waals surface area (Å²) in [5, 5.41) is 16.5. The van der Waals surface area contributed by atoms with E-state index in [-0.39, 0.29) is 21.8 Å². The van der Waals surface area contributed by atoms with E-state index >= 15 is 0 Å². The normalized spacial score (nSPS) is 18.6. The molecule has 1 saturated heterocycles. The van der Waals surface area contributed by atoms with Crippen molar-refractivity contribution in [2.45, 2.75) is 19.8 Å². The van der Waals surface area contributed by atoms with Crippen LogP contribution in [0.15, 0.2) is 21.8 Å². The van der Waals surface area contributed by atoms with Gasteiger partial charge in [-0.05, 0) is 6.42 Å². The highest BCUT2D eigenvalue weighted by Gasteiger charge is 2.29. The van der Waals surface area contributed by atoms with Crippen LogP contribution in [0.2, 0.25) is 0 Å². The van der Waals surface area contributed by atoms with Gasteiger partial charge in [0.15, 0.2) is 5.03 Å². The molecule has 6 nitrogen and oxygen atoms in total. The van der Waals surface area contributed by atoms with Crippen molar-refractivity contribution in [1.82, 2.24) is 10.6 Å². The van der Waals surface area contributed by atoms with Crippen LogP contribution >= 0.6 is 23.2 Å². The molecule has 0 amide bonds. The number of nitrogens with zero attached hydrogens (tertiary/aromatic N) is 1. The fourth-order valence-corrected chi connectivity index (χ4v) is 1.75. The molecule has 1 rings (SSSR count). The molecule has 2 N–H and O–H groups in total. The summed E-state index contributed by atoms with van der Waals surface area (Å²) < 4.78 is 5.10. The maximum absolute atomic E-state index is 11.0. The maximum Gasteiger partial charge on any atom is 0.349 e. The number of nitro groups is 1. The van der Waals surface area contributed by atoms with E-state index in [9.17, 15) is 10.1 Å². The van der Waals surface area contributed by atoms with Gasteiger partial charge in [0.1, 0.15) is 11.8 Å². The van der Waals surface area contributed by atoms with E-state index in [4.69, 9.17) is 27.9 Å². The minimum absolute atomic E-state index is 0.0560. The van der Waals surface area contributed by atoms with Gasteiger partial charge in [-0.25, -0.2) is 0 Å². The Hall–Kier alpha value is -1.14. The van der Waals surface area contributed by atoms with Gasteiger partial charge in [0.05, 0.1) is 11.5 Å². The van der Waals surface area contributed by atoms with Crippen LogP contribution < -0.4 is 10.6 Å². The lowest BCUT2D eigenvalue weighted by molar-refractivity contribution is -0.423. The number of hydrogen-bond acceptors (Lipinski definition) is 5. The van der Waals surface area contributed by atoms with Gasteiger partial charge >= 0.3 is 5.70 Å². The molecule has 0 aliphatic carbocycles. The van der Waals surface area contributed by atoms with Gasteiger partial charge < -0.3 is 15.4 Å². The summed E-state index contributed by atoms with van der Waals surface area (Å²) >= 11 is 11.8. The largest absolute Gasteiger partial charge is 0.472 e. The van der Waals surface area contributed by atoms with Crippen molar-refractivity contribution in [3.63, 3.8) is 0 Å². The van der Waals surface area contributed by atoms with Crippen LogP contribution in [-0.4, -0.2) is 24.6 Å². The summed E-state index contributed by atoms with van der Waals surface area (Å²) in [4.78, 5) is 10.4. The summed E-state index contributed by atoms with van der Waals surface area (Å²) in [6.45, 7) is 3.53. The van der Waals surface area contributed by atoms with Crippen LogP contribution in [0.5, 0.6) is 0 Å². The molecule has 18 heavy (non-hydrogen) atoms. The third kappa shape index (κ3) is 3.96. The molecule has 1 heterocycles. The number of unbranched alkanes of at least 4 members (excludes halogenated alkanes) is 1.